The maximum atomic E-state index is 12.5. The molecular formula is C20H16N2O6. The zero-order valence-electron chi connectivity index (χ0n) is 14.9. The van der Waals surface area contributed by atoms with E-state index < -0.39 is 23.5 Å². The van der Waals surface area contributed by atoms with E-state index in [-0.39, 0.29) is 12.4 Å². The van der Waals surface area contributed by atoms with Crippen molar-refractivity contribution in [2.24, 2.45) is 0 Å². The molecule has 8 heteroatoms. The molecule has 0 saturated heterocycles. The fourth-order valence-corrected chi connectivity index (χ4v) is 2.87. The smallest absolute Gasteiger partial charge is 0.339 e. The Morgan fingerprint density at radius 3 is 2.75 bits per heavy atom. The summed E-state index contributed by atoms with van der Waals surface area (Å²) in [6.45, 7) is 1.58. The number of pyridine rings is 1. The summed E-state index contributed by atoms with van der Waals surface area (Å²) in [4.78, 5) is 39.4. The van der Waals surface area contributed by atoms with Crippen molar-refractivity contribution in [2.75, 3.05) is 12.1 Å². The van der Waals surface area contributed by atoms with Crippen molar-refractivity contribution in [3.05, 3.63) is 64.4 Å². The van der Waals surface area contributed by atoms with Gasteiger partial charge in [-0.3, -0.25) is 9.59 Å². The molecule has 1 aliphatic heterocycles. The van der Waals surface area contributed by atoms with Gasteiger partial charge in [-0.25, -0.2) is 4.79 Å². The highest BCUT2D eigenvalue weighted by Gasteiger charge is 2.22. The summed E-state index contributed by atoms with van der Waals surface area (Å²) >= 11 is 0. The maximum absolute atomic E-state index is 12.5. The van der Waals surface area contributed by atoms with Gasteiger partial charge in [-0.1, -0.05) is 18.2 Å². The second-order valence-electron chi connectivity index (χ2n) is 6.20. The summed E-state index contributed by atoms with van der Waals surface area (Å²) in [5.74, 6) is -0.145. The lowest BCUT2D eigenvalue weighted by molar-refractivity contribution is -0.123. The van der Waals surface area contributed by atoms with Gasteiger partial charge in [0.15, 0.2) is 17.6 Å². The Bertz CT molecular complexity index is 1140. The van der Waals surface area contributed by atoms with Crippen LogP contribution < -0.4 is 20.3 Å². The minimum atomic E-state index is -1.07. The Morgan fingerprint density at radius 2 is 1.89 bits per heavy atom. The molecule has 0 radical (unpaired) electrons. The lowest BCUT2D eigenvalue weighted by atomic mass is 10.1. The van der Waals surface area contributed by atoms with E-state index in [2.05, 4.69) is 10.3 Å². The van der Waals surface area contributed by atoms with Crippen LogP contribution in [0, 0.1) is 0 Å². The van der Waals surface area contributed by atoms with Crippen LogP contribution in [0.4, 0.5) is 5.69 Å². The van der Waals surface area contributed by atoms with Crippen molar-refractivity contribution in [2.45, 2.75) is 13.0 Å². The molecule has 2 N–H and O–H groups in total. The number of benzene rings is 2. The topological polar surface area (TPSA) is 107 Å². The number of nitrogens with one attached hydrogen (secondary N) is 2. The number of ether oxygens (including phenoxy) is 3. The van der Waals surface area contributed by atoms with Crippen molar-refractivity contribution in [3.63, 3.8) is 0 Å². The van der Waals surface area contributed by atoms with E-state index >= 15 is 0 Å². The van der Waals surface area contributed by atoms with Crippen molar-refractivity contribution in [1.29, 1.82) is 0 Å². The van der Waals surface area contributed by atoms with Gasteiger partial charge in [-0.2, -0.15) is 0 Å². The van der Waals surface area contributed by atoms with E-state index in [1.54, 1.807) is 42.5 Å². The number of carbonyl (C=O) groups is 2. The maximum Gasteiger partial charge on any atom is 0.339 e. The first-order chi connectivity index (χ1) is 13.5. The summed E-state index contributed by atoms with van der Waals surface area (Å²) in [6.07, 6.45) is -1.07. The predicted molar refractivity (Wildman–Crippen MR) is 101 cm³/mol. The summed E-state index contributed by atoms with van der Waals surface area (Å²) < 4.78 is 15.8. The van der Waals surface area contributed by atoms with Crippen LogP contribution in [0.5, 0.6) is 11.5 Å². The molecule has 0 aliphatic carbocycles. The molecule has 1 atom stereocenters. The van der Waals surface area contributed by atoms with Gasteiger partial charge < -0.3 is 24.5 Å². The first-order valence-electron chi connectivity index (χ1n) is 8.55. The van der Waals surface area contributed by atoms with Gasteiger partial charge in [0, 0.05) is 28.7 Å². The quantitative estimate of drug-likeness (QED) is 0.674. The fraction of sp³-hybridized carbons (Fsp3) is 0.150. The third-order valence-electron chi connectivity index (χ3n) is 4.26. The summed E-state index contributed by atoms with van der Waals surface area (Å²) in [7, 11) is 0. The van der Waals surface area contributed by atoms with E-state index in [0.717, 1.165) is 6.07 Å². The number of para-hydroxylation sites is 1. The highest BCUT2D eigenvalue weighted by molar-refractivity contribution is 6.04. The standard InChI is InChI=1S/C20H16N2O6/c1-11(19(24)21-12-6-7-16-17(8-12)27-10-26-16)28-20(25)14-9-18(23)22-15-5-3-2-4-13(14)15/h2-9,11H,10H2,1H3,(H,21,24)(H,22,23). The predicted octanol–water partition coefficient (Wildman–Crippen LogP) is 2.44. The van der Waals surface area contributed by atoms with E-state index in [1.807, 2.05) is 0 Å². The largest absolute Gasteiger partial charge is 0.454 e. The second kappa shape index (κ2) is 7.07. The number of anilines is 1. The molecule has 0 fully saturated rings. The molecule has 2 heterocycles. The molecule has 0 saturated carbocycles. The summed E-state index contributed by atoms with van der Waals surface area (Å²) in [6, 6.07) is 13.0. The van der Waals surface area contributed by atoms with Gasteiger partial charge in [0.25, 0.3) is 5.91 Å². The first-order valence-corrected chi connectivity index (χ1v) is 8.55. The Labute approximate surface area is 159 Å². The second-order valence-corrected chi connectivity index (χ2v) is 6.20. The van der Waals surface area contributed by atoms with Gasteiger partial charge in [0.05, 0.1) is 5.56 Å². The number of hydrogen-bond donors (Lipinski definition) is 2. The zero-order valence-corrected chi connectivity index (χ0v) is 14.9. The van der Waals surface area contributed by atoms with Crippen molar-refractivity contribution in [3.8, 4) is 11.5 Å². The monoisotopic (exact) mass is 380 g/mol. The van der Waals surface area contributed by atoms with Crippen LogP contribution in [0.15, 0.2) is 53.3 Å². The number of hydrogen-bond acceptors (Lipinski definition) is 6. The van der Waals surface area contributed by atoms with Crippen LogP contribution in [-0.2, 0) is 9.53 Å². The van der Waals surface area contributed by atoms with E-state index in [0.29, 0.717) is 28.1 Å². The first kappa shape index (κ1) is 17.6. The molecule has 0 bridgehead atoms. The third kappa shape index (κ3) is 3.39. The van der Waals surface area contributed by atoms with Gasteiger partial charge in [-0.05, 0) is 25.1 Å². The summed E-state index contributed by atoms with van der Waals surface area (Å²) in [5, 5.41) is 3.19. The molecule has 142 valence electrons. The molecule has 4 rings (SSSR count). The molecule has 28 heavy (non-hydrogen) atoms. The normalized spacial score (nSPS) is 13.2. The summed E-state index contributed by atoms with van der Waals surface area (Å²) in [5.41, 5.74) is 0.670. The number of carbonyl (C=O) groups excluding carboxylic acids is 2. The Balaban J connectivity index is 1.49. The van der Waals surface area contributed by atoms with Gasteiger partial charge in [0.1, 0.15) is 0 Å². The van der Waals surface area contributed by atoms with E-state index in [4.69, 9.17) is 14.2 Å². The Kier molecular flexibility index (Phi) is 4.44. The number of rotatable bonds is 4. The molecule has 0 spiro atoms. The fourth-order valence-electron chi connectivity index (χ4n) is 2.87. The molecule has 1 unspecified atom stereocenters. The Morgan fingerprint density at radius 1 is 1.11 bits per heavy atom. The molecule has 8 nitrogen and oxygen atoms in total. The average Bonchev–Trinajstić information content (AvgIpc) is 3.15. The van der Waals surface area contributed by atoms with Gasteiger partial charge in [0.2, 0.25) is 12.4 Å². The highest BCUT2D eigenvalue weighted by atomic mass is 16.7. The number of fused-ring (bicyclic) bond motifs is 2. The average molecular weight is 380 g/mol. The van der Waals surface area contributed by atoms with E-state index in [1.165, 1.54) is 6.92 Å². The lowest BCUT2D eigenvalue weighted by Crippen LogP contribution is -2.30. The van der Waals surface area contributed by atoms with Crippen molar-refractivity contribution in [1.82, 2.24) is 4.98 Å². The SMILES string of the molecule is CC(OC(=O)c1cc(=O)[nH]c2ccccc12)C(=O)Nc1ccc2c(c1)OCO2. The third-order valence-corrected chi connectivity index (χ3v) is 4.26. The minimum Gasteiger partial charge on any atom is -0.454 e. The lowest BCUT2D eigenvalue weighted by Gasteiger charge is -2.14. The Hall–Kier alpha value is -3.81. The number of amides is 1. The molecule has 3 aromatic rings. The van der Waals surface area contributed by atoms with Crippen LogP contribution >= 0.6 is 0 Å². The van der Waals surface area contributed by atoms with Crippen LogP contribution in [-0.4, -0.2) is 29.8 Å². The van der Waals surface area contributed by atoms with Crippen LogP contribution in [0.25, 0.3) is 10.9 Å². The molecule has 2 aromatic carbocycles. The molecular weight excluding hydrogens is 364 g/mol. The number of H-pyrrole nitrogens is 1. The number of esters is 1. The highest BCUT2D eigenvalue weighted by Crippen LogP contribution is 2.34. The van der Waals surface area contributed by atoms with Crippen molar-refractivity contribution < 1.29 is 23.8 Å². The van der Waals surface area contributed by atoms with Crippen LogP contribution in [0.1, 0.15) is 17.3 Å². The van der Waals surface area contributed by atoms with Crippen LogP contribution in [0.2, 0.25) is 0 Å². The van der Waals surface area contributed by atoms with E-state index in [9.17, 15) is 14.4 Å². The van der Waals surface area contributed by atoms with Gasteiger partial charge >= 0.3 is 5.97 Å². The minimum absolute atomic E-state index is 0.0991. The molecule has 1 amide bonds. The van der Waals surface area contributed by atoms with Crippen molar-refractivity contribution >= 4 is 28.5 Å². The number of aromatic nitrogens is 1. The number of aromatic amines is 1. The molecule has 1 aromatic heterocycles. The zero-order chi connectivity index (χ0) is 19.7. The van der Waals surface area contributed by atoms with Crippen LogP contribution in [0.3, 0.4) is 0 Å². The van der Waals surface area contributed by atoms with Gasteiger partial charge in [-0.15, -0.1) is 0 Å². The molecule has 1 aliphatic rings.